The molecule has 0 saturated heterocycles. The van der Waals surface area contributed by atoms with Crippen molar-refractivity contribution in [3.8, 4) is 5.75 Å². The average Bonchev–Trinajstić information content (AvgIpc) is 2.52. The summed E-state index contributed by atoms with van der Waals surface area (Å²) in [5, 5.41) is 7.42. The molecule has 0 unspecified atom stereocenters. The molecule has 1 aromatic heterocycles. The minimum atomic E-state index is -0.493. The zero-order valence-corrected chi connectivity index (χ0v) is 13.3. The molecule has 0 aliphatic carbocycles. The molecule has 0 N–H and O–H groups in total. The Bertz CT molecular complexity index is 646. The number of benzene rings is 1. The summed E-state index contributed by atoms with van der Waals surface area (Å²) in [4.78, 5) is 11.6. The third-order valence-corrected chi connectivity index (χ3v) is 3.31. The van der Waals surface area contributed by atoms with Crippen molar-refractivity contribution in [1.29, 1.82) is 0 Å². The Morgan fingerprint density at radius 2 is 1.73 bits per heavy atom. The normalized spacial score (nSPS) is 11.1. The largest absolute Gasteiger partial charge is 0.486 e. The predicted molar refractivity (Wildman–Crippen MR) is 82.8 cm³/mol. The summed E-state index contributed by atoms with van der Waals surface area (Å²) in [5.74, 6) is -0.130. The third-order valence-electron chi connectivity index (χ3n) is 3.31. The van der Waals surface area contributed by atoms with E-state index < -0.39 is 5.97 Å². The Hall–Kier alpha value is -2.43. The quantitative estimate of drug-likeness (QED) is 0.812. The van der Waals surface area contributed by atoms with E-state index in [9.17, 15) is 4.79 Å². The molecule has 0 spiro atoms. The Morgan fingerprint density at radius 3 is 2.32 bits per heavy atom. The third kappa shape index (κ3) is 3.81. The van der Waals surface area contributed by atoms with Crippen molar-refractivity contribution in [1.82, 2.24) is 10.2 Å². The highest BCUT2D eigenvalue weighted by atomic mass is 16.5. The van der Waals surface area contributed by atoms with Crippen LogP contribution in [0.25, 0.3) is 0 Å². The first-order valence-corrected chi connectivity index (χ1v) is 7.03. The monoisotopic (exact) mass is 300 g/mol. The van der Waals surface area contributed by atoms with Crippen molar-refractivity contribution in [2.75, 3.05) is 7.11 Å². The maximum Gasteiger partial charge on any atom is 0.343 e. The molecular formula is C17H20N2O3. The Labute approximate surface area is 130 Å². The molecule has 0 aliphatic rings. The number of methoxy groups -OCH3 is 1. The molecule has 0 saturated carbocycles. The van der Waals surface area contributed by atoms with E-state index in [0.29, 0.717) is 12.4 Å². The van der Waals surface area contributed by atoms with Crippen molar-refractivity contribution in [3.63, 3.8) is 0 Å². The lowest BCUT2D eigenvalue weighted by Gasteiger charge is -2.19. The second-order valence-electron chi connectivity index (χ2n) is 5.99. The summed E-state index contributed by atoms with van der Waals surface area (Å²) in [6.45, 7) is 6.86. The van der Waals surface area contributed by atoms with Crippen molar-refractivity contribution < 1.29 is 14.3 Å². The first-order chi connectivity index (χ1) is 10.4. The Morgan fingerprint density at radius 1 is 1.09 bits per heavy atom. The summed E-state index contributed by atoms with van der Waals surface area (Å²) in [6.07, 6.45) is 2.75. The van der Waals surface area contributed by atoms with E-state index in [-0.39, 0.29) is 11.0 Å². The van der Waals surface area contributed by atoms with Crippen LogP contribution in [0, 0.1) is 0 Å². The van der Waals surface area contributed by atoms with Gasteiger partial charge in [0.15, 0.2) is 5.75 Å². The van der Waals surface area contributed by atoms with Gasteiger partial charge in [0.05, 0.1) is 19.5 Å². The first kappa shape index (κ1) is 15.9. The van der Waals surface area contributed by atoms with Crippen molar-refractivity contribution in [2.45, 2.75) is 32.8 Å². The van der Waals surface area contributed by atoms with Crippen LogP contribution in [0.4, 0.5) is 0 Å². The zero-order chi connectivity index (χ0) is 16.2. The number of carbonyl (C=O) groups excluding carboxylic acids is 1. The molecule has 0 fully saturated rings. The van der Waals surface area contributed by atoms with Crippen molar-refractivity contribution >= 4 is 5.97 Å². The number of hydrogen-bond donors (Lipinski definition) is 0. The van der Waals surface area contributed by atoms with E-state index in [1.165, 1.54) is 25.1 Å². The maximum atomic E-state index is 11.6. The fourth-order valence-corrected chi connectivity index (χ4v) is 1.95. The number of ether oxygens (including phenoxy) is 2. The van der Waals surface area contributed by atoms with Crippen LogP contribution in [0.2, 0.25) is 0 Å². The Kier molecular flexibility index (Phi) is 4.75. The molecule has 1 aromatic carbocycles. The van der Waals surface area contributed by atoms with Gasteiger partial charge < -0.3 is 9.47 Å². The summed E-state index contributed by atoms with van der Waals surface area (Å²) in [7, 11) is 1.32. The molecule has 1 heterocycles. The second kappa shape index (κ2) is 6.56. The predicted octanol–water partition coefficient (Wildman–Crippen LogP) is 3.14. The minimum absolute atomic E-state index is 0.118. The van der Waals surface area contributed by atoms with E-state index in [2.05, 4.69) is 43.1 Å². The van der Waals surface area contributed by atoms with Crippen LogP contribution in [0.5, 0.6) is 5.75 Å². The number of aromatic nitrogens is 2. The van der Waals surface area contributed by atoms with Gasteiger partial charge in [-0.25, -0.2) is 4.79 Å². The molecule has 0 atom stereocenters. The summed E-state index contributed by atoms with van der Waals surface area (Å²) in [5.41, 5.74) is 2.66. The van der Waals surface area contributed by atoms with Gasteiger partial charge in [-0.15, -0.1) is 0 Å². The summed E-state index contributed by atoms with van der Waals surface area (Å²) >= 11 is 0. The van der Waals surface area contributed by atoms with Gasteiger partial charge in [0, 0.05) is 0 Å². The van der Waals surface area contributed by atoms with E-state index in [4.69, 9.17) is 9.47 Å². The smallest absolute Gasteiger partial charge is 0.343 e. The number of nitrogens with zero attached hydrogens (tertiary/aromatic N) is 2. The molecule has 0 amide bonds. The van der Waals surface area contributed by atoms with Crippen LogP contribution < -0.4 is 4.74 Å². The minimum Gasteiger partial charge on any atom is -0.486 e. The van der Waals surface area contributed by atoms with Gasteiger partial charge in [0.25, 0.3) is 0 Å². The molecule has 2 aromatic rings. The second-order valence-corrected chi connectivity index (χ2v) is 5.99. The highest BCUT2D eigenvalue weighted by molar-refractivity contribution is 5.91. The maximum absolute atomic E-state index is 11.6. The molecule has 0 radical (unpaired) electrons. The highest BCUT2D eigenvalue weighted by Gasteiger charge is 2.15. The first-order valence-electron chi connectivity index (χ1n) is 7.03. The van der Waals surface area contributed by atoms with Gasteiger partial charge in [-0.3, -0.25) is 0 Å². The number of carbonyl (C=O) groups is 1. The molecule has 22 heavy (non-hydrogen) atoms. The topological polar surface area (TPSA) is 61.3 Å². The van der Waals surface area contributed by atoms with Gasteiger partial charge in [0.1, 0.15) is 12.2 Å². The molecule has 0 aliphatic heterocycles. The van der Waals surface area contributed by atoms with Gasteiger partial charge in [-0.05, 0) is 16.5 Å². The van der Waals surface area contributed by atoms with Crippen LogP contribution in [-0.2, 0) is 16.8 Å². The summed E-state index contributed by atoms with van der Waals surface area (Å²) < 4.78 is 10.4. The molecule has 5 heteroatoms. The molecular weight excluding hydrogens is 280 g/mol. The van der Waals surface area contributed by atoms with Gasteiger partial charge in [0.2, 0.25) is 0 Å². The lowest BCUT2D eigenvalue weighted by atomic mass is 9.87. The highest BCUT2D eigenvalue weighted by Crippen LogP contribution is 2.23. The number of esters is 1. The van der Waals surface area contributed by atoms with Crippen molar-refractivity contribution in [2.24, 2.45) is 0 Å². The van der Waals surface area contributed by atoms with E-state index in [1.54, 1.807) is 0 Å². The Balaban J connectivity index is 2.09. The van der Waals surface area contributed by atoms with Gasteiger partial charge >= 0.3 is 5.97 Å². The fraction of sp³-hybridized carbons (Fsp3) is 0.353. The van der Waals surface area contributed by atoms with Crippen molar-refractivity contribution in [3.05, 3.63) is 53.3 Å². The fourth-order valence-electron chi connectivity index (χ4n) is 1.95. The zero-order valence-electron chi connectivity index (χ0n) is 13.3. The lowest BCUT2D eigenvalue weighted by molar-refractivity contribution is 0.0594. The molecule has 5 nitrogen and oxygen atoms in total. The molecule has 116 valence electrons. The standard InChI is InChI=1S/C17H20N2O3/c1-17(2,3)13-7-5-12(6-8-13)11-22-15-10-19-18-9-14(15)16(20)21-4/h5-10H,11H2,1-4H3. The molecule has 2 rings (SSSR count). The van der Waals surface area contributed by atoms with Crippen LogP contribution in [-0.4, -0.2) is 23.3 Å². The van der Waals surface area contributed by atoms with Crippen LogP contribution in [0.1, 0.15) is 42.3 Å². The SMILES string of the molecule is COC(=O)c1cnncc1OCc1ccc(C(C)(C)C)cc1. The molecule has 0 bridgehead atoms. The summed E-state index contributed by atoms with van der Waals surface area (Å²) in [6, 6.07) is 8.22. The van der Waals surface area contributed by atoms with Crippen LogP contribution in [0.15, 0.2) is 36.7 Å². The van der Waals surface area contributed by atoms with Crippen LogP contribution in [0.3, 0.4) is 0 Å². The van der Waals surface area contributed by atoms with E-state index >= 15 is 0 Å². The van der Waals surface area contributed by atoms with E-state index in [0.717, 1.165) is 5.56 Å². The van der Waals surface area contributed by atoms with Gasteiger partial charge in [-0.1, -0.05) is 45.0 Å². The number of rotatable bonds is 4. The van der Waals surface area contributed by atoms with E-state index in [1.807, 2.05) is 12.1 Å². The van der Waals surface area contributed by atoms with Crippen LogP contribution >= 0.6 is 0 Å². The number of hydrogen-bond acceptors (Lipinski definition) is 5. The lowest BCUT2D eigenvalue weighted by Crippen LogP contribution is -2.11. The average molecular weight is 300 g/mol. The van der Waals surface area contributed by atoms with Gasteiger partial charge in [-0.2, -0.15) is 10.2 Å².